The molecule has 1 heterocycles. The van der Waals surface area contributed by atoms with Crippen LogP contribution in [-0.2, 0) is 17.5 Å². The number of nitrogens with one attached hydrogen (secondary N) is 1. The summed E-state index contributed by atoms with van der Waals surface area (Å²) in [6, 6.07) is 4.52. The predicted molar refractivity (Wildman–Crippen MR) is 67.2 cm³/mol. The van der Waals surface area contributed by atoms with E-state index in [2.05, 4.69) is 5.32 Å². The molecule has 0 amide bonds. The number of alkyl halides is 3. The van der Waals surface area contributed by atoms with Crippen LogP contribution >= 0.6 is 0 Å². The summed E-state index contributed by atoms with van der Waals surface area (Å²) in [5, 5.41) is 2.76. The molecule has 0 saturated carbocycles. The minimum Gasteiger partial charge on any atom is -0.378 e. The van der Waals surface area contributed by atoms with Crippen molar-refractivity contribution in [1.29, 1.82) is 0 Å². The summed E-state index contributed by atoms with van der Waals surface area (Å²) in [5.74, 6) is 0. The van der Waals surface area contributed by atoms with Crippen molar-refractivity contribution in [3.8, 4) is 0 Å². The van der Waals surface area contributed by atoms with Gasteiger partial charge in [-0.2, -0.15) is 13.2 Å². The van der Waals surface area contributed by atoms with Gasteiger partial charge in [0.15, 0.2) is 0 Å². The first-order valence-electron chi connectivity index (χ1n) is 6.20. The van der Waals surface area contributed by atoms with E-state index < -0.39 is 11.7 Å². The molecular weight excluding hydrogens is 257 g/mol. The van der Waals surface area contributed by atoms with Crippen LogP contribution in [0.1, 0.15) is 11.1 Å². The number of halogens is 3. The second kappa shape index (κ2) is 5.79. The Morgan fingerprint density at radius 3 is 2.53 bits per heavy atom. The molecule has 2 rings (SSSR count). The van der Waals surface area contributed by atoms with Crippen molar-refractivity contribution in [2.75, 3.05) is 38.3 Å². The minimum atomic E-state index is -4.32. The molecule has 0 aliphatic carbocycles. The smallest absolute Gasteiger partial charge is 0.378 e. The van der Waals surface area contributed by atoms with Gasteiger partial charge < -0.3 is 15.0 Å². The van der Waals surface area contributed by atoms with Crippen LogP contribution < -0.4 is 10.2 Å². The number of morpholine rings is 1. The number of anilines is 1. The van der Waals surface area contributed by atoms with Gasteiger partial charge in [0.2, 0.25) is 0 Å². The van der Waals surface area contributed by atoms with Gasteiger partial charge in [0.25, 0.3) is 0 Å². The average Bonchev–Trinajstić information content (AvgIpc) is 2.39. The molecule has 1 aliphatic rings. The highest BCUT2D eigenvalue weighted by Gasteiger charge is 2.33. The Morgan fingerprint density at radius 2 is 1.95 bits per heavy atom. The predicted octanol–water partition coefficient (Wildman–Crippen LogP) is 2.26. The number of hydrogen-bond donors (Lipinski definition) is 1. The van der Waals surface area contributed by atoms with Crippen LogP contribution in [0, 0.1) is 0 Å². The van der Waals surface area contributed by atoms with Crippen LogP contribution in [-0.4, -0.2) is 33.4 Å². The van der Waals surface area contributed by atoms with E-state index in [-0.39, 0.29) is 12.1 Å². The molecule has 0 unspecified atom stereocenters. The van der Waals surface area contributed by atoms with E-state index in [0.29, 0.717) is 32.0 Å². The third kappa shape index (κ3) is 3.39. The summed E-state index contributed by atoms with van der Waals surface area (Å²) in [4.78, 5) is 1.92. The Morgan fingerprint density at radius 1 is 1.26 bits per heavy atom. The van der Waals surface area contributed by atoms with Crippen LogP contribution in [0.5, 0.6) is 0 Å². The van der Waals surface area contributed by atoms with E-state index in [0.717, 1.165) is 0 Å². The number of nitrogens with zero attached hydrogens (tertiary/aromatic N) is 1. The fraction of sp³-hybridized carbons (Fsp3) is 0.538. The highest BCUT2D eigenvalue weighted by atomic mass is 19.4. The molecule has 3 nitrogen and oxygen atoms in total. The third-order valence-corrected chi connectivity index (χ3v) is 3.14. The quantitative estimate of drug-likeness (QED) is 0.915. The second-order valence-electron chi connectivity index (χ2n) is 4.47. The van der Waals surface area contributed by atoms with E-state index in [4.69, 9.17) is 4.74 Å². The molecule has 0 spiro atoms. The van der Waals surface area contributed by atoms with E-state index in [1.54, 1.807) is 19.2 Å². The van der Waals surface area contributed by atoms with Crippen LogP contribution in [0.25, 0.3) is 0 Å². The Kier molecular flexibility index (Phi) is 4.31. The van der Waals surface area contributed by atoms with Crippen LogP contribution in [0.2, 0.25) is 0 Å². The van der Waals surface area contributed by atoms with E-state index in [9.17, 15) is 13.2 Å². The molecule has 0 bridgehead atoms. The van der Waals surface area contributed by atoms with Crippen molar-refractivity contribution in [2.45, 2.75) is 12.7 Å². The normalized spacial score (nSPS) is 16.7. The van der Waals surface area contributed by atoms with Crippen LogP contribution in [0.4, 0.5) is 18.9 Å². The largest absolute Gasteiger partial charge is 0.416 e. The molecule has 19 heavy (non-hydrogen) atoms. The van der Waals surface area contributed by atoms with Gasteiger partial charge in [-0.3, -0.25) is 0 Å². The second-order valence-corrected chi connectivity index (χ2v) is 4.47. The molecule has 1 aromatic carbocycles. The fourth-order valence-electron chi connectivity index (χ4n) is 2.19. The number of benzene rings is 1. The Balaban J connectivity index is 2.31. The lowest BCUT2D eigenvalue weighted by Gasteiger charge is -2.29. The highest BCUT2D eigenvalue weighted by molar-refractivity contribution is 5.52. The maximum atomic E-state index is 13.0. The monoisotopic (exact) mass is 274 g/mol. The fourth-order valence-corrected chi connectivity index (χ4v) is 2.19. The van der Waals surface area contributed by atoms with Crippen molar-refractivity contribution in [3.05, 3.63) is 29.3 Å². The van der Waals surface area contributed by atoms with Gasteiger partial charge in [-0.25, -0.2) is 0 Å². The van der Waals surface area contributed by atoms with Gasteiger partial charge in [0, 0.05) is 25.3 Å². The zero-order valence-electron chi connectivity index (χ0n) is 10.8. The molecule has 1 aromatic rings. The lowest BCUT2D eigenvalue weighted by Crippen LogP contribution is -2.36. The number of rotatable bonds is 3. The van der Waals surface area contributed by atoms with Gasteiger partial charge in [-0.05, 0) is 24.7 Å². The molecular formula is C13H17F3N2O. The van der Waals surface area contributed by atoms with Crippen molar-refractivity contribution < 1.29 is 17.9 Å². The molecule has 1 fully saturated rings. The zero-order chi connectivity index (χ0) is 13.9. The van der Waals surface area contributed by atoms with Crippen molar-refractivity contribution in [2.24, 2.45) is 0 Å². The number of ether oxygens (including phenoxy) is 1. The molecule has 0 aromatic heterocycles. The van der Waals surface area contributed by atoms with E-state index >= 15 is 0 Å². The lowest BCUT2D eigenvalue weighted by atomic mass is 10.1. The first kappa shape index (κ1) is 14.1. The number of hydrogen-bond acceptors (Lipinski definition) is 3. The standard InChI is InChI=1S/C13H17F3N2O/c1-17-9-10-2-3-11(8-12(10)13(14,15)16)18-4-6-19-7-5-18/h2-3,8,17H,4-7,9H2,1H3. The maximum absolute atomic E-state index is 13.0. The van der Waals surface area contributed by atoms with Gasteiger partial charge >= 0.3 is 6.18 Å². The van der Waals surface area contributed by atoms with Crippen molar-refractivity contribution in [1.82, 2.24) is 5.32 Å². The van der Waals surface area contributed by atoms with Gasteiger partial charge in [0.1, 0.15) is 0 Å². The van der Waals surface area contributed by atoms with Crippen LogP contribution in [0.15, 0.2) is 18.2 Å². The SMILES string of the molecule is CNCc1ccc(N2CCOCC2)cc1C(F)(F)F. The third-order valence-electron chi connectivity index (χ3n) is 3.14. The highest BCUT2D eigenvalue weighted by Crippen LogP contribution is 2.34. The first-order valence-corrected chi connectivity index (χ1v) is 6.20. The average molecular weight is 274 g/mol. The summed E-state index contributed by atoms with van der Waals surface area (Å²) in [6.07, 6.45) is -4.32. The lowest BCUT2D eigenvalue weighted by molar-refractivity contribution is -0.138. The van der Waals surface area contributed by atoms with Crippen LogP contribution in [0.3, 0.4) is 0 Å². The minimum absolute atomic E-state index is 0.207. The summed E-state index contributed by atoms with van der Waals surface area (Å²) in [6.45, 7) is 2.57. The molecule has 6 heteroatoms. The van der Waals surface area contributed by atoms with Gasteiger partial charge in [-0.1, -0.05) is 6.07 Å². The van der Waals surface area contributed by atoms with E-state index in [1.807, 2.05) is 4.90 Å². The summed E-state index contributed by atoms with van der Waals surface area (Å²) in [7, 11) is 1.63. The summed E-state index contributed by atoms with van der Waals surface area (Å²) < 4.78 is 44.4. The molecule has 1 aliphatic heterocycles. The van der Waals surface area contributed by atoms with Crippen molar-refractivity contribution >= 4 is 5.69 Å². The maximum Gasteiger partial charge on any atom is 0.416 e. The molecule has 1 saturated heterocycles. The topological polar surface area (TPSA) is 24.5 Å². The first-order chi connectivity index (χ1) is 9.02. The van der Waals surface area contributed by atoms with Gasteiger partial charge in [-0.15, -0.1) is 0 Å². The molecule has 0 radical (unpaired) electrons. The van der Waals surface area contributed by atoms with Gasteiger partial charge in [0.05, 0.1) is 18.8 Å². The molecule has 0 atom stereocenters. The molecule has 106 valence electrons. The van der Waals surface area contributed by atoms with Crippen molar-refractivity contribution in [3.63, 3.8) is 0 Å². The summed E-state index contributed by atoms with van der Waals surface area (Å²) >= 11 is 0. The van der Waals surface area contributed by atoms with E-state index in [1.165, 1.54) is 6.07 Å². The summed E-state index contributed by atoms with van der Waals surface area (Å²) in [5.41, 5.74) is 0.313. The Bertz CT molecular complexity index is 428. The Hall–Kier alpha value is -1.27. The Labute approximate surface area is 110 Å². The zero-order valence-corrected chi connectivity index (χ0v) is 10.8. The molecule has 1 N–H and O–H groups in total.